The fraction of sp³-hybridized carbons (Fsp3) is 0.130. The number of halogens is 3. The summed E-state index contributed by atoms with van der Waals surface area (Å²) in [7, 11) is 0. The third kappa shape index (κ3) is 4.03. The summed E-state index contributed by atoms with van der Waals surface area (Å²) in [6.45, 7) is 1.51. The van der Waals surface area contributed by atoms with Crippen molar-refractivity contribution in [2.75, 3.05) is 5.32 Å². The van der Waals surface area contributed by atoms with Crippen molar-refractivity contribution >= 4 is 22.5 Å². The van der Waals surface area contributed by atoms with Gasteiger partial charge in [0.1, 0.15) is 0 Å². The van der Waals surface area contributed by atoms with E-state index >= 15 is 0 Å². The van der Waals surface area contributed by atoms with Gasteiger partial charge in [-0.2, -0.15) is 23.5 Å². The summed E-state index contributed by atoms with van der Waals surface area (Å²) < 4.78 is 42.3. The van der Waals surface area contributed by atoms with Gasteiger partial charge in [0.25, 0.3) is 5.91 Å². The molecule has 2 heterocycles. The van der Waals surface area contributed by atoms with Crippen molar-refractivity contribution in [3.05, 3.63) is 88.9 Å². The van der Waals surface area contributed by atoms with E-state index in [1.54, 1.807) is 54.7 Å². The number of anilines is 1. The summed E-state index contributed by atoms with van der Waals surface area (Å²) in [5.41, 5.74) is 0.481. The molecule has 2 aromatic carbocycles. The highest BCUT2D eigenvalue weighted by molar-refractivity contribution is 6.12. The fourth-order valence-electron chi connectivity index (χ4n) is 3.39. The molecule has 32 heavy (non-hydrogen) atoms. The molecule has 6 nitrogen and oxygen atoms in total. The van der Waals surface area contributed by atoms with Crippen molar-refractivity contribution < 1.29 is 18.0 Å². The molecule has 9 heteroatoms. The Bertz CT molecular complexity index is 1350. The summed E-state index contributed by atoms with van der Waals surface area (Å²) in [5.74, 6) is -0.685. The number of nitrogens with one attached hydrogen (secondary N) is 1. The summed E-state index contributed by atoms with van der Waals surface area (Å²) >= 11 is 0. The molecule has 0 atom stereocenters. The minimum atomic E-state index is -4.76. The summed E-state index contributed by atoms with van der Waals surface area (Å²) in [6, 6.07) is 16.6. The van der Waals surface area contributed by atoms with E-state index < -0.39 is 23.5 Å². The number of pyridine rings is 1. The van der Waals surface area contributed by atoms with E-state index in [9.17, 15) is 18.0 Å². The van der Waals surface area contributed by atoms with E-state index in [-0.39, 0.29) is 17.8 Å². The van der Waals surface area contributed by atoms with Crippen molar-refractivity contribution in [1.29, 1.82) is 5.26 Å². The highest BCUT2D eigenvalue weighted by atomic mass is 19.4. The maximum absolute atomic E-state index is 13.7. The predicted molar refractivity (Wildman–Crippen MR) is 112 cm³/mol. The Morgan fingerprint density at radius 3 is 2.56 bits per heavy atom. The molecule has 0 aliphatic heterocycles. The maximum atomic E-state index is 13.7. The Balaban J connectivity index is 1.71. The van der Waals surface area contributed by atoms with Crippen LogP contribution < -0.4 is 5.32 Å². The zero-order chi connectivity index (χ0) is 22.9. The monoisotopic (exact) mass is 435 g/mol. The van der Waals surface area contributed by atoms with Crippen LogP contribution in [0.1, 0.15) is 32.9 Å². The molecule has 0 bridgehead atoms. The van der Waals surface area contributed by atoms with E-state index in [1.807, 2.05) is 6.07 Å². The maximum Gasteiger partial charge on any atom is 0.437 e. The number of carbonyl (C=O) groups excluding carboxylic acids is 1. The van der Waals surface area contributed by atoms with Crippen LogP contribution in [0.3, 0.4) is 0 Å². The van der Waals surface area contributed by atoms with E-state index in [0.717, 1.165) is 0 Å². The van der Waals surface area contributed by atoms with Crippen LogP contribution in [0.5, 0.6) is 0 Å². The van der Waals surface area contributed by atoms with Gasteiger partial charge in [-0.1, -0.05) is 24.3 Å². The number of hydrogen-bond acceptors (Lipinski definition) is 4. The lowest BCUT2D eigenvalue weighted by atomic mass is 10.1. The van der Waals surface area contributed by atoms with Crippen molar-refractivity contribution in [3.8, 4) is 6.07 Å². The van der Waals surface area contributed by atoms with Crippen molar-refractivity contribution in [3.63, 3.8) is 0 Å². The minimum absolute atomic E-state index is 0.0503. The third-order valence-corrected chi connectivity index (χ3v) is 5.02. The number of nitrogens with zero attached hydrogens (tertiary/aromatic N) is 4. The number of nitriles is 1. The molecule has 2 aromatic heterocycles. The highest BCUT2D eigenvalue weighted by Crippen LogP contribution is 2.36. The van der Waals surface area contributed by atoms with E-state index in [0.29, 0.717) is 22.0 Å². The van der Waals surface area contributed by atoms with Crippen LogP contribution in [0.25, 0.3) is 10.9 Å². The zero-order valence-electron chi connectivity index (χ0n) is 16.8. The van der Waals surface area contributed by atoms with Gasteiger partial charge >= 0.3 is 6.18 Å². The lowest BCUT2D eigenvalue weighted by molar-refractivity contribution is -0.140. The largest absolute Gasteiger partial charge is 0.437 e. The molecule has 0 saturated carbocycles. The summed E-state index contributed by atoms with van der Waals surface area (Å²) in [6.07, 6.45) is -3.19. The third-order valence-electron chi connectivity index (χ3n) is 5.02. The topological polar surface area (TPSA) is 83.6 Å². The molecule has 160 valence electrons. The molecule has 4 aromatic rings. The first kappa shape index (κ1) is 21.1. The van der Waals surface area contributed by atoms with Crippen LogP contribution in [0.15, 0.2) is 60.8 Å². The Labute approximate surface area is 180 Å². The molecule has 0 radical (unpaired) electrons. The molecule has 0 fully saturated rings. The first-order valence-electron chi connectivity index (χ1n) is 9.56. The average Bonchev–Trinajstić information content (AvgIpc) is 3.09. The van der Waals surface area contributed by atoms with Gasteiger partial charge in [0.2, 0.25) is 0 Å². The Kier molecular flexibility index (Phi) is 5.36. The smallest absolute Gasteiger partial charge is 0.319 e. The number of carbonyl (C=O) groups is 1. The number of alkyl halides is 3. The normalized spacial score (nSPS) is 11.3. The summed E-state index contributed by atoms with van der Waals surface area (Å²) in [4.78, 5) is 17.1. The van der Waals surface area contributed by atoms with Gasteiger partial charge in [0, 0.05) is 17.1 Å². The Morgan fingerprint density at radius 2 is 1.88 bits per heavy atom. The number of amides is 1. The first-order chi connectivity index (χ1) is 15.3. The number of fused-ring (bicyclic) bond motifs is 1. The van der Waals surface area contributed by atoms with Crippen molar-refractivity contribution in [1.82, 2.24) is 14.8 Å². The molecular weight excluding hydrogens is 419 g/mol. The highest BCUT2D eigenvalue weighted by Gasteiger charge is 2.39. The molecule has 1 N–H and O–H groups in total. The van der Waals surface area contributed by atoms with Gasteiger partial charge in [-0.3, -0.25) is 14.5 Å². The average molecular weight is 435 g/mol. The molecule has 0 unspecified atom stereocenters. The van der Waals surface area contributed by atoms with Crippen molar-refractivity contribution in [2.45, 2.75) is 19.6 Å². The van der Waals surface area contributed by atoms with Gasteiger partial charge in [-0.05, 0) is 42.8 Å². The lowest BCUT2D eigenvalue weighted by Crippen LogP contribution is -2.17. The second-order valence-corrected chi connectivity index (χ2v) is 7.10. The molecule has 4 rings (SSSR count). The minimum Gasteiger partial charge on any atom is -0.319 e. The number of hydrogen-bond donors (Lipinski definition) is 1. The molecule has 0 spiro atoms. The first-order valence-corrected chi connectivity index (χ1v) is 9.56. The van der Waals surface area contributed by atoms with Crippen LogP contribution in [0.2, 0.25) is 0 Å². The molecule has 1 amide bonds. The van der Waals surface area contributed by atoms with Crippen LogP contribution in [-0.2, 0) is 12.7 Å². The molecular formula is C23H16F3N5O. The summed E-state index contributed by atoms with van der Waals surface area (Å²) in [5, 5.41) is 15.6. The Morgan fingerprint density at radius 1 is 1.12 bits per heavy atom. The van der Waals surface area contributed by atoms with Crippen molar-refractivity contribution in [2.24, 2.45) is 0 Å². The SMILES string of the molecule is Cc1c(NC(=O)c2cccc3ncccc23)c(C(F)(F)F)nn1Cc1ccc(C#N)cc1. The Hall–Kier alpha value is -4.19. The number of rotatable bonds is 4. The van der Waals surface area contributed by atoms with Gasteiger partial charge < -0.3 is 5.32 Å². The molecule has 0 saturated heterocycles. The molecule has 0 aliphatic rings. The number of aromatic nitrogens is 3. The molecule has 0 aliphatic carbocycles. The van der Waals surface area contributed by atoms with E-state index in [4.69, 9.17) is 5.26 Å². The van der Waals surface area contributed by atoms with Gasteiger partial charge in [0.15, 0.2) is 5.69 Å². The van der Waals surface area contributed by atoms with Crippen LogP contribution in [0, 0.1) is 18.3 Å². The van der Waals surface area contributed by atoms with Gasteiger partial charge in [-0.15, -0.1) is 0 Å². The van der Waals surface area contributed by atoms with E-state index in [2.05, 4.69) is 15.4 Å². The van der Waals surface area contributed by atoms with Gasteiger partial charge in [0.05, 0.1) is 35.1 Å². The second-order valence-electron chi connectivity index (χ2n) is 7.10. The van der Waals surface area contributed by atoms with Gasteiger partial charge in [-0.25, -0.2) is 0 Å². The van der Waals surface area contributed by atoms with Crippen LogP contribution in [0.4, 0.5) is 18.9 Å². The standard InChI is InChI=1S/C23H16F3N5O/c1-14-20(29-22(32)18-4-2-6-19-17(18)5-3-11-28-19)21(23(24,25)26)30-31(14)13-16-9-7-15(12-27)8-10-16/h2-11H,13H2,1H3,(H,29,32). The number of benzene rings is 2. The van der Waals surface area contributed by atoms with Crippen LogP contribution in [-0.4, -0.2) is 20.7 Å². The quantitative estimate of drug-likeness (QED) is 0.493. The van der Waals surface area contributed by atoms with E-state index in [1.165, 1.54) is 17.7 Å². The second kappa shape index (κ2) is 8.15. The lowest BCUT2D eigenvalue weighted by Gasteiger charge is -2.10. The fourth-order valence-corrected chi connectivity index (χ4v) is 3.39. The predicted octanol–water partition coefficient (Wildman–Crippen LogP) is 4.93. The van der Waals surface area contributed by atoms with Crippen LogP contribution >= 0.6 is 0 Å². The zero-order valence-corrected chi connectivity index (χ0v) is 16.8.